The smallest absolute Gasteiger partial charge is 0.408 e. The Balaban J connectivity index is 1.61. The zero-order chi connectivity index (χ0) is 12.4. The summed E-state index contributed by atoms with van der Waals surface area (Å²) in [4.78, 5) is 13.7. The highest BCUT2D eigenvalue weighted by Gasteiger charge is 2.13. The Bertz CT molecular complexity index is 581. The molecule has 1 unspecified atom stereocenters. The van der Waals surface area contributed by atoms with Crippen molar-refractivity contribution in [3.63, 3.8) is 0 Å². The van der Waals surface area contributed by atoms with Gasteiger partial charge in [-0.1, -0.05) is 0 Å². The number of aromatic nitrogens is 1. The second kappa shape index (κ2) is 4.86. The molecule has 1 saturated heterocycles. The van der Waals surface area contributed by atoms with E-state index in [2.05, 4.69) is 15.6 Å². The van der Waals surface area contributed by atoms with Gasteiger partial charge in [0.05, 0.1) is 5.52 Å². The van der Waals surface area contributed by atoms with Crippen molar-refractivity contribution in [3.05, 3.63) is 28.7 Å². The maximum atomic E-state index is 11.0. The van der Waals surface area contributed by atoms with Crippen LogP contribution in [0, 0.1) is 5.92 Å². The number of rotatable bonds is 4. The van der Waals surface area contributed by atoms with Crippen molar-refractivity contribution in [1.82, 2.24) is 10.3 Å². The normalized spacial score (nSPS) is 19.4. The molecule has 5 nitrogen and oxygen atoms in total. The number of nitrogens with one attached hydrogen (secondary N) is 3. The molecule has 5 heteroatoms. The number of anilines is 1. The van der Waals surface area contributed by atoms with Crippen LogP contribution in [0.4, 0.5) is 5.69 Å². The molecule has 1 aliphatic heterocycles. The third kappa shape index (κ3) is 2.41. The van der Waals surface area contributed by atoms with Crippen molar-refractivity contribution in [2.45, 2.75) is 12.8 Å². The van der Waals surface area contributed by atoms with Crippen LogP contribution in [0.5, 0.6) is 0 Å². The van der Waals surface area contributed by atoms with Gasteiger partial charge < -0.3 is 15.1 Å². The largest absolute Gasteiger partial charge is 0.417 e. The number of H-pyrrole nitrogens is 1. The SMILES string of the molecule is O=c1[nH]c2ccc(NCCC3CCNC3)cc2o1. The molecule has 0 bridgehead atoms. The summed E-state index contributed by atoms with van der Waals surface area (Å²) in [7, 11) is 0. The number of fused-ring (bicyclic) bond motifs is 1. The summed E-state index contributed by atoms with van der Waals surface area (Å²) in [5.41, 5.74) is 2.34. The molecule has 1 aromatic heterocycles. The van der Waals surface area contributed by atoms with E-state index in [-0.39, 0.29) is 0 Å². The van der Waals surface area contributed by atoms with Gasteiger partial charge in [-0.3, -0.25) is 4.98 Å². The van der Waals surface area contributed by atoms with Crippen LogP contribution in [0.2, 0.25) is 0 Å². The van der Waals surface area contributed by atoms with Crippen LogP contribution in [0.1, 0.15) is 12.8 Å². The number of hydrogen-bond acceptors (Lipinski definition) is 4. The molecule has 1 aliphatic rings. The van der Waals surface area contributed by atoms with Gasteiger partial charge in [0.15, 0.2) is 5.58 Å². The lowest BCUT2D eigenvalue weighted by Crippen LogP contribution is -2.12. The minimum absolute atomic E-state index is 0.404. The van der Waals surface area contributed by atoms with Gasteiger partial charge in [-0.25, -0.2) is 4.79 Å². The molecule has 96 valence electrons. The molecule has 2 aromatic rings. The van der Waals surface area contributed by atoms with E-state index < -0.39 is 5.76 Å². The van der Waals surface area contributed by atoms with Gasteiger partial charge in [0.1, 0.15) is 0 Å². The first-order valence-electron chi connectivity index (χ1n) is 6.39. The average Bonchev–Trinajstić information content (AvgIpc) is 2.96. The molecule has 2 heterocycles. The van der Waals surface area contributed by atoms with Crippen LogP contribution >= 0.6 is 0 Å². The average molecular weight is 247 g/mol. The van der Waals surface area contributed by atoms with Gasteiger partial charge in [0, 0.05) is 18.3 Å². The van der Waals surface area contributed by atoms with Gasteiger partial charge in [0.25, 0.3) is 0 Å². The van der Waals surface area contributed by atoms with E-state index in [1.54, 1.807) is 0 Å². The highest BCUT2D eigenvalue weighted by atomic mass is 16.4. The lowest BCUT2D eigenvalue weighted by molar-refractivity contribution is 0.549. The molecule has 0 saturated carbocycles. The Hall–Kier alpha value is -1.75. The quantitative estimate of drug-likeness (QED) is 0.766. The second-order valence-electron chi connectivity index (χ2n) is 4.80. The van der Waals surface area contributed by atoms with Gasteiger partial charge in [-0.05, 0) is 44.0 Å². The fourth-order valence-electron chi connectivity index (χ4n) is 2.44. The number of oxazole rings is 1. The zero-order valence-electron chi connectivity index (χ0n) is 10.2. The maximum absolute atomic E-state index is 11.0. The third-order valence-electron chi connectivity index (χ3n) is 3.47. The molecular formula is C13H17N3O2. The predicted octanol–water partition coefficient (Wildman–Crippen LogP) is 1.53. The van der Waals surface area contributed by atoms with Crippen molar-refractivity contribution in [1.29, 1.82) is 0 Å². The van der Waals surface area contributed by atoms with Crippen LogP contribution < -0.4 is 16.4 Å². The van der Waals surface area contributed by atoms with Crippen LogP contribution in [0.3, 0.4) is 0 Å². The predicted molar refractivity (Wildman–Crippen MR) is 70.9 cm³/mol. The molecular weight excluding hydrogens is 230 g/mol. The lowest BCUT2D eigenvalue weighted by Gasteiger charge is -2.10. The Morgan fingerprint density at radius 3 is 3.22 bits per heavy atom. The molecule has 1 fully saturated rings. The molecule has 18 heavy (non-hydrogen) atoms. The van der Waals surface area contributed by atoms with Gasteiger partial charge in [-0.15, -0.1) is 0 Å². The summed E-state index contributed by atoms with van der Waals surface area (Å²) in [6.07, 6.45) is 2.44. The van der Waals surface area contributed by atoms with E-state index in [1.807, 2.05) is 18.2 Å². The Labute approximate surface area is 105 Å². The highest BCUT2D eigenvalue weighted by Crippen LogP contribution is 2.17. The van der Waals surface area contributed by atoms with E-state index in [9.17, 15) is 4.79 Å². The standard InChI is InChI=1S/C13H17N3O2/c17-13-16-11-2-1-10(7-12(11)18-13)15-6-4-9-3-5-14-8-9/h1-2,7,9,14-15H,3-6,8H2,(H,16,17). The Morgan fingerprint density at radius 2 is 2.39 bits per heavy atom. The number of aromatic amines is 1. The van der Waals surface area contributed by atoms with Gasteiger partial charge in [-0.2, -0.15) is 0 Å². The fraction of sp³-hybridized carbons (Fsp3) is 0.462. The van der Waals surface area contributed by atoms with E-state index in [4.69, 9.17) is 4.42 Å². The van der Waals surface area contributed by atoms with Crippen molar-refractivity contribution in [2.24, 2.45) is 5.92 Å². The number of benzene rings is 1. The van der Waals surface area contributed by atoms with Crippen molar-refractivity contribution < 1.29 is 4.42 Å². The topological polar surface area (TPSA) is 70.1 Å². The fourth-order valence-corrected chi connectivity index (χ4v) is 2.44. The van der Waals surface area contributed by atoms with Crippen LogP contribution in [0.15, 0.2) is 27.4 Å². The van der Waals surface area contributed by atoms with E-state index >= 15 is 0 Å². The Kier molecular flexibility index (Phi) is 3.06. The van der Waals surface area contributed by atoms with Crippen LogP contribution in [0.25, 0.3) is 11.1 Å². The molecule has 0 spiro atoms. The molecule has 1 atom stereocenters. The Morgan fingerprint density at radius 1 is 1.44 bits per heavy atom. The molecule has 0 radical (unpaired) electrons. The first-order valence-corrected chi connectivity index (χ1v) is 6.39. The summed E-state index contributed by atoms with van der Waals surface area (Å²) in [6, 6.07) is 5.68. The molecule has 3 N–H and O–H groups in total. The van der Waals surface area contributed by atoms with Crippen molar-refractivity contribution in [3.8, 4) is 0 Å². The second-order valence-corrected chi connectivity index (χ2v) is 4.80. The zero-order valence-corrected chi connectivity index (χ0v) is 10.2. The molecule has 0 amide bonds. The van der Waals surface area contributed by atoms with Crippen LogP contribution in [-0.4, -0.2) is 24.6 Å². The van der Waals surface area contributed by atoms with E-state index in [0.29, 0.717) is 5.58 Å². The maximum Gasteiger partial charge on any atom is 0.417 e. The van der Waals surface area contributed by atoms with Crippen molar-refractivity contribution >= 4 is 16.8 Å². The summed E-state index contributed by atoms with van der Waals surface area (Å²) >= 11 is 0. The molecule has 0 aliphatic carbocycles. The lowest BCUT2D eigenvalue weighted by atomic mass is 10.1. The van der Waals surface area contributed by atoms with Crippen LogP contribution in [-0.2, 0) is 0 Å². The summed E-state index contributed by atoms with van der Waals surface area (Å²) in [5, 5.41) is 6.74. The van der Waals surface area contributed by atoms with Gasteiger partial charge in [0.2, 0.25) is 0 Å². The van der Waals surface area contributed by atoms with E-state index in [1.165, 1.54) is 12.8 Å². The van der Waals surface area contributed by atoms with Crippen molar-refractivity contribution in [2.75, 3.05) is 25.0 Å². The first kappa shape index (κ1) is 11.3. The summed E-state index contributed by atoms with van der Waals surface area (Å²) in [5.74, 6) is 0.380. The van der Waals surface area contributed by atoms with Gasteiger partial charge >= 0.3 is 5.76 Å². The molecule has 3 rings (SSSR count). The monoisotopic (exact) mass is 247 g/mol. The van der Waals surface area contributed by atoms with E-state index in [0.717, 1.165) is 36.8 Å². The highest BCUT2D eigenvalue weighted by molar-refractivity contribution is 5.76. The summed E-state index contributed by atoms with van der Waals surface area (Å²) < 4.78 is 5.03. The third-order valence-corrected chi connectivity index (χ3v) is 3.47. The minimum Gasteiger partial charge on any atom is -0.408 e. The first-order chi connectivity index (χ1) is 8.81. The minimum atomic E-state index is -0.404. The number of hydrogen-bond donors (Lipinski definition) is 3. The molecule has 1 aromatic carbocycles. The summed E-state index contributed by atoms with van der Waals surface area (Å²) in [6.45, 7) is 3.23.